The summed E-state index contributed by atoms with van der Waals surface area (Å²) in [5, 5.41) is 3.10. The van der Waals surface area contributed by atoms with Crippen molar-refractivity contribution in [1.82, 2.24) is 9.97 Å². The molecule has 0 unspecified atom stereocenters. The number of nitrogens with zero attached hydrogens (tertiary/aromatic N) is 2. The van der Waals surface area contributed by atoms with Crippen molar-refractivity contribution in [3.63, 3.8) is 0 Å². The van der Waals surface area contributed by atoms with Gasteiger partial charge in [-0.3, -0.25) is 0 Å². The number of hydrogen-bond acceptors (Lipinski definition) is 4. The van der Waals surface area contributed by atoms with Gasteiger partial charge in [0.2, 0.25) is 0 Å². The molecule has 21 heavy (non-hydrogen) atoms. The number of ether oxygens (including phenoxy) is 1. The Hall–Kier alpha value is -2.10. The third-order valence-electron chi connectivity index (χ3n) is 3.67. The highest BCUT2D eigenvalue weighted by molar-refractivity contribution is 5.72. The minimum Gasteiger partial charge on any atom is -0.496 e. The van der Waals surface area contributed by atoms with Crippen molar-refractivity contribution in [2.24, 2.45) is 0 Å². The first-order valence-electron chi connectivity index (χ1n) is 7.19. The van der Waals surface area contributed by atoms with Gasteiger partial charge in [-0.05, 0) is 31.0 Å². The third-order valence-corrected chi connectivity index (χ3v) is 3.67. The molecular formula is C17H23N3O. The standard InChI is InChI=1S/C17H23N3O/c1-10(2)17-19-14(9-15(18-5)20-17)13-8-7-11(3)12(4)16(13)21-6/h7-10H,1-6H3,(H,18,19,20). The summed E-state index contributed by atoms with van der Waals surface area (Å²) < 4.78 is 5.60. The molecule has 0 aliphatic heterocycles. The first kappa shape index (κ1) is 15.3. The second-order valence-corrected chi connectivity index (χ2v) is 5.49. The third kappa shape index (κ3) is 2.99. The van der Waals surface area contributed by atoms with Crippen molar-refractivity contribution in [3.05, 3.63) is 35.2 Å². The van der Waals surface area contributed by atoms with E-state index in [1.807, 2.05) is 13.1 Å². The van der Waals surface area contributed by atoms with E-state index in [1.165, 1.54) is 5.56 Å². The van der Waals surface area contributed by atoms with E-state index in [-0.39, 0.29) is 5.92 Å². The predicted molar refractivity (Wildman–Crippen MR) is 87.1 cm³/mol. The molecule has 0 amide bonds. The van der Waals surface area contributed by atoms with Crippen LogP contribution in [0.1, 0.15) is 36.7 Å². The summed E-state index contributed by atoms with van der Waals surface area (Å²) in [4.78, 5) is 9.21. The van der Waals surface area contributed by atoms with Gasteiger partial charge in [-0.2, -0.15) is 0 Å². The molecule has 1 aromatic carbocycles. The van der Waals surface area contributed by atoms with Crippen LogP contribution >= 0.6 is 0 Å². The topological polar surface area (TPSA) is 47.0 Å². The minimum absolute atomic E-state index is 0.273. The lowest BCUT2D eigenvalue weighted by Crippen LogP contribution is -2.04. The van der Waals surface area contributed by atoms with E-state index < -0.39 is 0 Å². The summed E-state index contributed by atoms with van der Waals surface area (Å²) in [6.45, 7) is 8.34. The molecule has 0 fully saturated rings. The van der Waals surface area contributed by atoms with Crippen molar-refractivity contribution >= 4 is 5.82 Å². The fourth-order valence-electron chi connectivity index (χ4n) is 2.24. The Bertz CT molecular complexity index is 651. The molecule has 4 nitrogen and oxygen atoms in total. The zero-order chi connectivity index (χ0) is 15.6. The number of benzene rings is 1. The Morgan fingerprint density at radius 1 is 1.14 bits per heavy atom. The van der Waals surface area contributed by atoms with Crippen molar-refractivity contribution < 1.29 is 4.74 Å². The van der Waals surface area contributed by atoms with Gasteiger partial charge in [0.1, 0.15) is 17.4 Å². The largest absolute Gasteiger partial charge is 0.496 e. The van der Waals surface area contributed by atoms with E-state index in [2.05, 4.69) is 50.1 Å². The summed E-state index contributed by atoms with van der Waals surface area (Å²) in [7, 11) is 3.57. The highest BCUT2D eigenvalue weighted by atomic mass is 16.5. The molecule has 1 aromatic heterocycles. The van der Waals surface area contributed by atoms with Crippen molar-refractivity contribution in [2.45, 2.75) is 33.6 Å². The predicted octanol–water partition coefficient (Wildman–Crippen LogP) is 3.93. The molecule has 2 rings (SSSR count). The van der Waals surface area contributed by atoms with Crippen LogP contribution in [0.2, 0.25) is 0 Å². The Kier molecular flexibility index (Phi) is 4.46. The molecule has 112 valence electrons. The van der Waals surface area contributed by atoms with Gasteiger partial charge >= 0.3 is 0 Å². The van der Waals surface area contributed by atoms with Crippen LogP contribution in [0.4, 0.5) is 5.82 Å². The zero-order valence-electron chi connectivity index (χ0n) is 13.6. The molecule has 0 atom stereocenters. The SMILES string of the molecule is CNc1cc(-c2ccc(C)c(C)c2OC)nc(C(C)C)n1. The van der Waals surface area contributed by atoms with Crippen molar-refractivity contribution in [1.29, 1.82) is 0 Å². The molecule has 0 radical (unpaired) electrons. The van der Waals surface area contributed by atoms with Crippen LogP contribution in [0, 0.1) is 13.8 Å². The van der Waals surface area contributed by atoms with E-state index in [4.69, 9.17) is 9.72 Å². The molecule has 0 aliphatic carbocycles. The molecule has 1 heterocycles. The Balaban J connectivity index is 2.66. The minimum atomic E-state index is 0.273. The molecule has 0 spiro atoms. The normalized spacial score (nSPS) is 10.8. The van der Waals surface area contributed by atoms with Gasteiger partial charge < -0.3 is 10.1 Å². The van der Waals surface area contributed by atoms with E-state index in [9.17, 15) is 0 Å². The van der Waals surface area contributed by atoms with E-state index in [0.29, 0.717) is 0 Å². The van der Waals surface area contributed by atoms with E-state index in [0.717, 1.165) is 34.2 Å². The van der Waals surface area contributed by atoms with Crippen LogP contribution in [-0.2, 0) is 0 Å². The number of rotatable bonds is 4. The van der Waals surface area contributed by atoms with Gasteiger partial charge in [0, 0.05) is 24.6 Å². The second-order valence-electron chi connectivity index (χ2n) is 5.49. The maximum Gasteiger partial charge on any atom is 0.133 e. The first-order valence-corrected chi connectivity index (χ1v) is 7.19. The summed E-state index contributed by atoms with van der Waals surface area (Å²) in [6.07, 6.45) is 0. The van der Waals surface area contributed by atoms with Gasteiger partial charge in [0.25, 0.3) is 0 Å². The lowest BCUT2D eigenvalue weighted by molar-refractivity contribution is 0.413. The summed E-state index contributed by atoms with van der Waals surface area (Å²) in [5.41, 5.74) is 4.24. The smallest absolute Gasteiger partial charge is 0.133 e. The molecule has 0 aliphatic rings. The van der Waals surface area contributed by atoms with E-state index >= 15 is 0 Å². The summed E-state index contributed by atoms with van der Waals surface area (Å²) in [6, 6.07) is 6.12. The number of nitrogens with one attached hydrogen (secondary N) is 1. The molecule has 0 saturated carbocycles. The number of anilines is 1. The molecule has 2 aromatic rings. The van der Waals surface area contributed by atoms with Gasteiger partial charge in [-0.25, -0.2) is 9.97 Å². The van der Waals surface area contributed by atoms with Gasteiger partial charge in [-0.1, -0.05) is 19.9 Å². The highest BCUT2D eigenvalue weighted by Crippen LogP contribution is 2.34. The summed E-state index contributed by atoms with van der Waals surface area (Å²) >= 11 is 0. The van der Waals surface area contributed by atoms with Gasteiger partial charge in [0.15, 0.2) is 0 Å². The zero-order valence-corrected chi connectivity index (χ0v) is 13.6. The first-order chi connectivity index (χ1) is 9.97. The number of methoxy groups -OCH3 is 1. The van der Waals surface area contributed by atoms with Crippen LogP contribution in [0.25, 0.3) is 11.3 Å². The Morgan fingerprint density at radius 3 is 2.43 bits per heavy atom. The number of aryl methyl sites for hydroxylation is 1. The monoisotopic (exact) mass is 285 g/mol. The van der Waals surface area contributed by atoms with Crippen LogP contribution in [0.5, 0.6) is 5.75 Å². The lowest BCUT2D eigenvalue weighted by atomic mass is 10.0. The molecule has 0 saturated heterocycles. The van der Waals surface area contributed by atoms with Crippen LogP contribution in [0.3, 0.4) is 0 Å². The molecule has 1 N–H and O–H groups in total. The fourth-order valence-corrected chi connectivity index (χ4v) is 2.24. The maximum atomic E-state index is 5.60. The van der Waals surface area contributed by atoms with Gasteiger partial charge in [0.05, 0.1) is 12.8 Å². The van der Waals surface area contributed by atoms with Crippen LogP contribution in [0.15, 0.2) is 18.2 Å². The van der Waals surface area contributed by atoms with Gasteiger partial charge in [-0.15, -0.1) is 0 Å². The lowest BCUT2D eigenvalue weighted by Gasteiger charge is -2.15. The Labute approximate surface area is 126 Å². The van der Waals surface area contributed by atoms with Crippen LogP contribution < -0.4 is 10.1 Å². The maximum absolute atomic E-state index is 5.60. The number of aromatic nitrogens is 2. The average molecular weight is 285 g/mol. The highest BCUT2D eigenvalue weighted by Gasteiger charge is 2.15. The average Bonchev–Trinajstić information content (AvgIpc) is 2.49. The molecule has 4 heteroatoms. The quantitative estimate of drug-likeness (QED) is 0.924. The molecule has 0 bridgehead atoms. The summed E-state index contributed by atoms with van der Waals surface area (Å²) in [5.74, 6) is 2.81. The van der Waals surface area contributed by atoms with Crippen molar-refractivity contribution in [2.75, 3.05) is 19.5 Å². The second kappa shape index (κ2) is 6.12. The van der Waals surface area contributed by atoms with E-state index in [1.54, 1.807) is 7.11 Å². The number of hydrogen-bond donors (Lipinski definition) is 1. The Morgan fingerprint density at radius 2 is 1.86 bits per heavy atom. The van der Waals surface area contributed by atoms with Crippen LogP contribution in [-0.4, -0.2) is 24.1 Å². The fraction of sp³-hybridized carbons (Fsp3) is 0.412. The van der Waals surface area contributed by atoms with Crippen molar-refractivity contribution in [3.8, 4) is 17.0 Å². The molecular weight excluding hydrogens is 262 g/mol.